The van der Waals surface area contributed by atoms with Gasteiger partial charge in [0, 0.05) is 31.6 Å². The Morgan fingerprint density at radius 2 is 2.09 bits per heavy atom. The van der Waals surface area contributed by atoms with E-state index >= 15 is 0 Å². The Labute approximate surface area is 134 Å². The average Bonchev–Trinajstić information content (AvgIpc) is 3.18. The molecule has 122 valence electrons. The number of aryl methyl sites for hydroxylation is 1. The van der Waals surface area contributed by atoms with Gasteiger partial charge in [-0.3, -0.25) is 9.69 Å². The third kappa shape index (κ3) is 3.19. The van der Waals surface area contributed by atoms with E-state index in [0.717, 1.165) is 37.3 Å². The molecule has 1 saturated carbocycles. The third-order valence-corrected chi connectivity index (χ3v) is 4.78. The smallest absolute Gasteiger partial charge is 0.266 e. The molecule has 2 aliphatic rings. The van der Waals surface area contributed by atoms with E-state index < -0.39 is 0 Å². The first-order valence-electron chi connectivity index (χ1n) is 8.36. The first kappa shape index (κ1) is 14.6. The highest BCUT2D eigenvalue weighted by Crippen LogP contribution is 2.38. The Bertz CT molecular complexity index is 747. The van der Waals surface area contributed by atoms with E-state index in [9.17, 15) is 4.79 Å². The van der Waals surface area contributed by atoms with Gasteiger partial charge in [-0.2, -0.15) is 20.1 Å². The van der Waals surface area contributed by atoms with Gasteiger partial charge < -0.3 is 0 Å². The summed E-state index contributed by atoms with van der Waals surface area (Å²) >= 11 is 0. The van der Waals surface area contributed by atoms with Gasteiger partial charge in [0.25, 0.3) is 5.56 Å². The molecule has 0 bridgehead atoms. The molecule has 2 fully saturated rings. The number of likely N-dealkylation sites (tertiary alicyclic amines) is 1. The van der Waals surface area contributed by atoms with Crippen molar-refractivity contribution in [3.8, 4) is 0 Å². The van der Waals surface area contributed by atoms with E-state index in [2.05, 4.69) is 20.2 Å². The fourth-order valence-electron chi connectivity index (χ4n) is 3.37. The lowest BCUT2D eigenvalue weighted by Crippen LogP contribution is -2.37. The van der Waals surface area contributed by atoms with Crippen LogP contribution in [-0.2, 0) is 20.1 Å². The quantitative estimate of drug-likeness (QED) is 0.820. The fraction of sp³-hybridized carbons (Fsp3) is 0.625. The molecule has 1 aliphatic heterocycles. The van der Waals surface area contributed by atoms with Gasteiger partial charge in [-0.1, -0.05) is 0 Å². The zero-order chi connectivity index (χ0) is 15.8. The lowest BCUT2D eigenvalue weighted by Gasteiger charge is -2.23. The summed E-state index contributed by atoms with van der Waals surface area (Å²) in [6.07, 6.45) is 6.47. The van der Waals surface area contributed by atoms with Crippen molar-refractivity contribution < 1.29 is 0 Å². The van der Waals surface area contributed by atoms with Gasteiger partial charge in [-0.05, 0) is 38.3 Å². The van der Waals surface area contributed by atoms with Gasteiger partial charge in [0.05, 0.1) is 24.1 Å². The van der Waals surface area contributed by atoms with Gasteiger partial charge in [0.1, 0.15) is 0 Å². The second-order valence-electron chi connectivity index (χ2n) is 6.64. The second-order valence-corrected chi connectivity index (χ2v) is 6.64. The van der Waals surface area contributed by atoms with Crippen molar-refractivity contribution in [2.45, 2.75) is 50.7 Å². The standard InChI is InChI=1S/C16H22N6O/c1-20-17-9-13(18-20)10-21-8-2-3-14(21)11-22-16(23)7-6-15(19-22)12-4-5-12/h6-7,9,12,14H,2-5,8,10-11H2,1H3. The van der Waals surface area contributed by atoms with E-state index in [4.69, 9.17) is 0 Å². The summed E-state index contributed by atoms with van der Waals surface area (Å²) in [7, 11) is 1.83. The van der Waals surface area contributed by atoms with Gasteiger partial charge >= 0.3 is 0 Å². The summed E-state index contributed by atoms with van der Waals surface area (Å²) in [4.78, 5) is 16.1. The topological polar surface area (TPSA) is 68.8 Å². The van der Waals surface area contributed by atoms with Crippen LogP contribution in [0, 0.1) is 0 Å². The molecule has 1 aliphatic carbocycles. The Kier molecular flexibility index (Phi) is 3.72. The highest BCUT2D eigenvalue weighted by molar-refractivity contribution is 5.12. The lowest BCUT2D eigenvalue weighted by molar-refractivity contribution is 0.213. The molecule has 2 aromatic heterocycles. The molecule has 0 amide bonds. The van der Waals surface area contributed by atoms with E-state index in [1.54, 1.807) is 15.5 Å². The molecule has 3 heterocycles. The summed E-state index contributed by atoms with van der Waals surface area (Å²) < 4.78 is 1.66. The minimum Gasteiger partial charge on any atom is -0.293 e. The van der Waals surface area contributed by atoms with Crippen LogP contribution in [0.4, 0.5) is 0 Å². The zero-order valence-electron chi connectivity index (χ0n) is 13.4. The molecular weight excluding hydrogens is 292 g/mol. The molecule has 1 unspecified atom stereocenters. The van der Waals surface area contributed by atoms with Crippen molar-refractivity contribution >= 4 is 0 Å². The van der Waals surface area contributed by atoms with Crippen LogP contribution in [0.5, 0.6) is 0 Å². The Morgan fingerprint density at radius 1 is 1.22 bits per heavy atom. The Hall–Kier alpha value is -2.02. The van der Waals surface area contributed by atoms with Gasteiger partial charge in [0.2, 0.25) is 0 Å². The zero-order valence-corrected chi connectivity index (χ0v) is 13.4. The van der Waals surface area contributed by atoms with E-state index in [1.807, 2.05) is 19.3 Å². The molecule has 7 nitrogen and oxygen atoms in total. The summed E-state index contributed by atoms with van der Waals surface area (Å²) in [6.45, 7) is 2.49. The predicted octanol–water partition coefficient (Wildman–Crippen LogP) is 0.914. The number of hydrogen-bond acceptors (Lipinski definition) is 5. The average molecular weight is 314 g/mol. The van der Waals surface area contributed by atoms with Crippen LogP contribution < -0.4 is 5.56 Å². The second kappa shape index (κ2) is 5.88. The van der Waals surface area contributed by atoms with Crippen LogP contribution in [0.2, 0.25) is 0 Å². The number of rotatable bonds is 5. The molecule has 7 heteroatoms. The summed E-state index contributed by atoms with van der Waals surface area (Å²) in [5.74, 6) is 0.570. The van der Waals surface area contributed by atoms with Gasteiger partial charge in [-0.25, -0.2) is 4.68 Å². The SMILES string of the molecule is Cn1ncc(CN2CCCC2Cn2nc(C3CC3)ccc2=O)n1. The molecule has 0 spiro atoms. The number of aromatic nitrogens is 5. The minimum absolute atomic E-state index is 0.000697. The van der Waals surface area contributed by atoms with Crippen molar-refractivity contribution in [3.05, 3.63) is 40.1 Å². The maximum absolute atomic E-state index is 12.1. The Balaban J connectivity index is 1.48. The van der Waals surface area contributed by atoms with Crippen molar-refractivity contribution in [2.24, 2.45) is 7.05 Å². The normalized spacial score (nSPS) is 21.9. The molecule has 23 heavy (non-hydrogen) atoms. The van der Waals surface area contributed by atoms with Crippen LogP contribution in [0.1, 0.15) is 43.0 Å². The highest BCUT2D eigenvalue weighted by atomic mass is 16.1. The molecule has 1 saturated heterocycles. The van der Waals surface area contributed by atoms with Gasteiger partial charge in [0.15, 0.2) is 0 Å². The van der Waals surface area contributed by atoms with Crippen LogP contribution in [0.15, 0.2) is 23.1 Å². The molecule has 4 rings (SSSR count). The predicted molar refractivity (Wildman–Crippen MR) is 84.9 cm³/mol. The number of nitrogens with zero attached hydrogens (tertiary/aromatic N) is 6. The fourth-order valence-corrected chi connectivity index (χ4v) is 3.37. The first-order valence-corrected chi connectivity index (χ1v) is 8.36. The van der Waals surface area contributed by atoms with Crippen molar-refractivity contribution in [1.82, 2.24) is 29.7 Å². The van der Waals surface area contributed by atoms with Gasteiger partial charge in [-0.15, -0.1) is 0 Å². The van der Waals surface area contributed by atoms with E-state index in [1.165, 1.54) is 12.8 Å². The first-order chi connectivity index (χ1) is 11.2. The molecule has 1 atom stereocenters. The monoisotopic (exact) mass is 314 g/mol. The highest BCUT2D eigenvalue weighted by Gasteiger charge is 2.28. The molecule has 0 radical (unpaired) electrons. The number of hydrogen-bond donors (Lipinski definition) is 0. The molecular formula is C16H22N6O. The van der Waals surface area contributed by atoms with E-state index in [-0.39, 0.29) is 5.56 Å². The van der Waals surface area contributed by atoms with Crippen LogP contribution in [0.25, 0.3) is 0 Å². The van der Waals surface area contributed by atoms with Crippen LogP contribution in [-0.4, -0.2) is 42.3 Å². The molecule has 0 N–H and O–H groups in total. The molecule has 0 aromatic carbocycles. The molecule has 2 aromatic rings. The van der Waals surface area contributed by atoms with E-state index in [0.29, 0.717) is 18.5 Å². The maximum Gasteiger partial charge on any atom is 0.266 e. The Morgan fingerprint density at radius 3 is 2.83 bits per heavy atom. The van der Waals surface area contributed by atoms with Crippen molar-refractivity contribution in [2.75, 3.05) is 6.54 Å². The summed E-state index contributed by atoms with van der Waals surface area (Å²) in [5, 5.41) is 13.1. The third-order valence-electron chi connectivity index (χ3n) is 4.78. The van der Waals surface area contributed by atoms with Crippen molar-refractivity contribution in [3.63, 3.8) is 0 Å². The largest absolute Gasteiger partial charge is 0.293 e. The van der Waals surface area contributed by atoms with Crippen LogP contribution in [0.3, 0.4) is 0 Å². The lowest BCUT2D eigenvalue weighted by atomic mass is 10.2. The minimum atomic E-state index is 0.000697. The summed E-state index contributed by atoms with van der Waals surface area (Å²) in [5.41, 5.74) is 2.05. The van der Waals surface area contributed by atoms with Crippen LogP contribution >= 0.6 is 0 Å². The summed E-state index contributed by atoms with van der Waals surface area (Å²) in [6, 6.07) is 3.90. The van der Waals surface area contributed by atoms with Crippen molar-refractivity contribution in [1.29, 1.82) is 0 Å². The maximum atomic E-state index is 12.1.